The molecule has 0 aliphatic rings. The molecule has 0 radical (unpaired) electrons. The van der Waals surface area contributed by atoms with Gasteiger partial charge in [-0.25, -0.2) is 0 Å². The van der Waals surface area contributed by atoms with Gasteiger partial charge in [0.25, 0.3) is 14.1 Å². The van der Waals surface area contributed by atoms with E-state index in [1.807, 2.05) is 0 Å². The van der Waals surface area contributed by atoms with Gasteiger partial charge in [-0.15, -0.1) is 17.4 Å². The molecule has 0 fully saturated rings. The molecule has 48 valence electrons. The Bertz CT molecular complexity index is 24.0. The summed E-state index contributed by atoms with van der Waals surface area (Å²) in [4.78, 5) is 0. The summed E-state index contributed by atoms with van der Waals surface area (Å²) in [6, 6.07) is 0. The third-order valence-electron chi connectivity index (χ3n) is 0. The summed E-state index contributed by atoms with van der Waals surface area (Å²) in [7, 11) is 0. The molecule has 0 atom stereocenters. The van der Waals surface area contributed by atoms with E-state index in [4.69, 9.17) is 0 Å². The van der Waals surface area contributed by atoms with Gasteiger partial charge in [-0.1, -0.05) is 0 Å². The van der Waals surface area contributed by atoms with Crippen LogP contribution in [0.25, 0.3) is 0 Å². The third kappa shape index (κ3) is 154. The van der Waals surface area contributed by atoms with E-state index in [0.717, 1.165) is 0 Å². The van der Waals surface area contributed by atoms with Crippen LogP contribution in [-0.2, 0) is 0 Å². The first kappa shape index (κ1) is 12.1. The molecule has 0 aromatic rings. The fourth-order valence-corrected chi connectivity index (χ4v) is 0. The van der Waals surface area contributed by atoms with Crippen molar-refractivity contribution in [1.82, 2.24) is 0 Å². The molecule has 2 heteroatoms. The second kappa shape index (κ2) is 8.40. The quantitative estimate of drug-likeness (QED) is 0.563. The van der Waals surface area contributed by atoms with Crippen LogP contribution in [-0.4, -0.2) is 35.6 Å². The van der Waals surface area contributed by atoms with Crippen molar-refractivity contribution >= 4 is 35.6 Å². The molecule has 0 unspecified atom stereocenters. The van der Waals surface area contributed by atoms with Gasteiger partial charge in [0, 0.05) is 0 Å². The van der Waals surface area contributed by atoms with E-state index >= 15 is 0 Å². The average Bonchev–Trinajstić information content (AvgIpc) is 1.25. The molecule has 0 aliphatic carbocycles. The second-order valence-corrected chi connectivity index (χ2v) is 16.8. The molecule has 0 aromatic heterocycles. The van der Waals surface area contributed by atoms with E-state index in [1.54, 1.807) is 0 Å². The third-order valence-corrected chi connectivity index (χ3v) is 0. The Morgan fingerprint density at radius 2 is 0.875 bits per heavy atom. The summed E-state index contributed by atoms with van der Waals surface area (Å²) in [6.45, 7) is 0. The van der Waals surface area contributed by atoms with Crippen LogP contribution in [0.1, 0.15) is 0 Å². The summed E-state index contributed by atoms with van der Waals surface area (Å²) >= 11 is -0.776. The molecule has 0 heterocycles. The van der Waals surface area contributed by atoms with Crippen molar-refractivity contribution in [3.05, 3.63) is 0 Å². The summed E-state index contributed by atoms with van der Waals surface area (Å²) < 4.78 is 7.13. The fourth-order valence-electron chi connectivity index (χ4n) is 0. The number of rotatable bonds is 0. The SMILES string of the molecule is [CH3][Al]([CH3])[CH3].[CH3][In]([CH3])[CH3]. The zero-order valence-electron chi connectivity index (χ0n) is 7.15. The minimum absolute atomic E-state index is 0.139. The van der Waals surface area contributed by atoms with Crippen molar-refractivity contribution < 1.29 is 0 Å². The van der Waals surface area contributed by atoms with Crippen molar-refractivity contribution in [2.75, 3.05) is 0 Å². The monoisotopic (exact) mass is 232 g/mol. The van der Waals surface area contributed by atoms with Gasteiger partial charge in [-0.3, -0.25) is 0 Å². The molecule has 8 heavy (non-hydrogen) atoms. The van der Waals surface area contributed by atoms with Crippen molar-refractivity contribution in [3.63, 3.8) is 0 Å². The number of hydrogen-bond donors (Lipinski definition) is 0. The molecule has 0 N–H and O–H groups in total. The van der Waals surface area contributed by atoms with Crippen LogP contribution in [0.4, 0.5) is 0 Å². The predicted octanol–water partition coefficient (Wildman–Crippen LogP) is 2.74. The molecule has 0 rings (SSSR count). The van der Waals surface area contributed by atoms with E-state index in [-0.39, 0.29) is 14.1 Å². The van der Waals surface area contributed by atoms with Gasteiger partial charge in [0.1, 0.15) is 0 Å². The van der Waals surface area contributed by atoms with E-state index in [1.165, 1.54) is 0 Å². The Kier molecular flexibility index (Phi) is 12.7. The van der Waals surface area contributed by atoms with Crippen molar-refractivity contribution in [3.8, 4) is 0 Å². The molecule has 0 bridgehead atoms. The van der Waals surface area contributed by atoms with E-state index < -0.39 is 21.4 Å². The Morgan fingerprint density at radius 3 is 0.875 bits per heavy atom. The van der Waals surface area contributed by atoms with Gasteiger partial charge < -0.3 is 0 Å². The predicted molar refractivity (Wildman–Crippen MR) is 46.7 cm³/mol. The summed E-state index contributed by atoms with van der Waals surface area (Å²) in [5, 5.41) is 0. The Balaban J connectivity index is 0. The minimum atomic E-state index is -0.637. The first-order valence-corrected chi connectivity index (χ1v) is 16.8. The molecular formula is C6H18AlIn. The topological polar surface area (TPSA) is 0 Å². The first-order chi connectivity index (χ1) is 3.46. The van der Waals surface area contributed by atoms with Crippen LogP contribution in [0, 0.1) is 0 Å². The molecule has 0 amide bonds. The average molecular weight is 232 g/mol. The van der Waals surface area contributed by atoms with Gasteiger partial charge >= 0.3 is 35.5 Å². The standard InChI is InChI=1S/6CH3.Al.In/h6*1H3;;. The van der Waals surface area contributed by atoms with Crippen molar-refractivity contribution in [1.29, 1.82) is 0 Å². The van der Waals surface area contributed by atoms with Gasteiger partial charge in [0.2, 0.25) is 0 Å². The van der Waals surface area contributed by atoms with Gasteiger partial charge in [0.15, 0.2) is 0 Å². The van der Waals surface area contributed by atoms with E-state index in [2.05, 4.69) is 31.4 Å². The Morgan fingerprint density at radius 1 is 0.875 bits per heavy atom. The van der Waals surface area contributed by atoms with E-state index in [0.29, 0.717) is 0 Å². The maximum atomic E-state index is 2.38. The zero-order valence-corrected chi connectivity index (χ0v) is 11.6. The Labute approximate surface area is 66.6 Å². The van der Waals surface area contributed by atoms with Gasteiger partial charge in [-0.05, 0) is 0 Å². The normalized spacial score (nSPS) is 6.75. The van der Waals surface area contributed by atoms with Crippen molar-refractivity contribution in [2.45, 2.75) is 31.4 Å². The molecule has 0 spiro atoms. The molecule has 0 aromatic carbocycles. The van der Waals surface area contributed by atoms with Gasteiger partial charge in [-0.2, -0.15) is 0 Å². The van der Waals surface area contributed by atoms with Crippen LogP contribution in [0.5, 0.6) is 0 Å². The van der Waals surface area contributed by atoms with Gasteiger partial charge in [0.05, 0.1) is 0 Å². The molecule has 0 nitrogen and oxygen atoms in total. The first-order valence-electron chi connectivity index (χ1n) is 3.46. The van der Waals surface area contributed by atoms with Crippen LogP contribution < -0.4 is 0 Å². The molecule has 0 aliphatic heterocycles. The summed E-state index contributed by atoms with van der Waals surface area (Å²) in [5.41, 5.74) is 0. The number of hydrogen-bond acceptors (Lipinski definition) is 0. The second-order valence-electron chi connectivity index (χ2n) is 3.46. The van der Waals surface area contributed by atoms with Crippen LogP contribution in [0.3, 0.4) is 0 Å². The molecule has 0 saturated carbocycles. The fraction of sp³-hybridized carbons (Fsp3) is 1.00. The van der Waals surface area contributed by atoms with Crippen LogP contribution >= 0.6 is 0 Å². The summed E-state index contributed by atoms with van der Waals surface area (Å²) in [6.07, 6.45) is 0. The van der Waals surface area contributed by atoms with E-state index in [9.17, 15) is 0 Å². The molecule has 0 saturated heterocycles. The maximum absolute atomic E-state index is 2.38. The van der Waals surface area contributed by atoms with Crippen molar-refractivity contribution in [2.24, 2.45) is 0 Å². The Hall–Kier alpha value is 1.40. The summed E-state index contributed by atoms with van der Waals surface area (Å²) in [5.74, 6) is 6.92. The van der Waals surface area contributed by atoms with Crippen LogP contribution in [0.2, 0.25) is 31.4 Å². The zero-order chi connectivity index (χ0) is 7.15. The van der Waals surface area contributed by atoms with Crippen LogP contribution in [0.15, 0.2) is 0 Å². The molecular weight excluding hydrogens is 214 g/mol.